The third kappa shape index (κ3) is 5.64. The lowest BCUT2D eigenvalue weighted by Gasteiger charge is -2.33. The molecule has 0 spiro atoms. The number of hydrogen-bond acceptors (Lipinski definition) is 3. The fourth-order valence-corrected chi connectivity index (χ4v) is 3.41. The molecule has 0 saturated carbocycles. The van der Waals surface area contributed by atoms with Gasteiger partial charge in [-0.3, -0.25) is 4.79 Å². The van der Waals surface area contributed by atoms with Crippen LogP contribution in [0.1, 0.15) is 0 Å². The molecule has 0 unspecified atom stereocenters. The minimum absolute atomic E-state index is 0.119. The number of thiocarbonyl (C=S) groups is 1. The van der Waals surface area contributed by atoms with E-state index in [1.165, 1.54) is 17.0 Å². The van der Waals surface area contributed by atoms with Crippen LogP contribution in [-0.2, 0) is 4.79 Å². The highest BCUT2D eigenvalue weighted by Gasteiger charge is 2.23. The Morgan fingerprint density at radius 1 is 1.14 bits per heavy atom. The number of amides is 1. The first-order valence-corrected chi connectivity index (χ1v) is 9.53. The van der Waals surface area contributed by atoms with Crippen LogP contribution in [0.3, 0.4) is 0 Å². The van der Waals surface area contributed by atoms with Crippen molar-refractivity contribution in [3.8, 4) is 5.75 Å². The maximum absolute atomic E-state index is 13.2. The molecule has 1 aliphatic heterocycles. The van der Waals surface area contributed by atoms with Crippen LogP contribution in [0, 0.1) is 5.82 Å². The van der Waals surface area contributed by atoms with Crippen LogP contribution in [0.15, 0.2) is 48.5 Å². The van der Waals surface area contributed by atoms with E-state index in [-0.39, 0.29) is 11.7 Å². The lowest BCUT2D eigenvalue weighted by atomic mass is 10.3. The Morgan fingerprint density at radius 3 is 2.50 bits per heavy atom. The largest absolute Gasteiger partial charge is 0.497 e. The number of hydrogen-bond donors (Lipinski definition) is 3. The summed E-state index contributed by atoms with van der Waals surface area (Å²) in [5, 5.41) is 6.64. The molecule has 2 aromatic carbocycles. The van der Waals surface area contributed by atoms with Crippen LogP contribution in [0.4, 0.5) is 15.8 Å². The van der Waals surface area contributed by atoms with Gasteiger partial charge in [-0.05, 0) is 42.5 Å². The predicted octanol–water partition coefficient (Wildman–Crippen LogP) is 1.37. The van der Waals surface area contributed by atoms with E-state index in [0.29, 0.717) is 17.3 Å². The highest BCUT2D eigenvalue weighted by Crippen LogP contribution is 2.17. The standard InChI is InChI=1S/C20H23FN4O2S/c1-27-18-7-3-6-17(13-18)23-20(28)25-10-8-24(9-11-25)14-19(26)22-16-5-2-4-15(21)12-16/h2-7,12-13H,8-11,14H2,1H3,(H,22,26)(H,23,28)/p+1. The van der Waals surface area contributed by atoms with E-state index < -0.39 is 0 Å². The van der Waals surface area contributed by atoms with Gasteiger partial charge in [0.2, 0.25) is 0 Å². The van der Waals surface area contributed by atoms with Crippen LogP contribution < -0.4 is 20.3 Å². The second kappa shape index (κ2) is 9.48. The van der Waals surface area contributed by atoms with Crippen molar-refractivity contribution in [2.24, 2.45) is 0 Å². The van der Waals surface area contributed by atoms with Gasteiger partial charge in [0.15, 0.2) is 11.7 Å². The van der Waals surface area contributed by atoms with Gasteiger partial charge in [-0.2, -0.15) is 0 Å². The fourth-order valence-electron chi connectivity index (χ4n) is 3.10. The highest BCUT2D eigenvalue weighted by molar-refractivity contribution is 7.80. The summed E-state index contributed by atoms with van der Waals surface area (Å²) in [4.78, 5) is 15.5. The van der Waals surface area contributed by atoms with Crippen molar-refractivity contribution < 1.29 is 18.8 Å². The van der Waals surface area contributed by atoms with E-state index in [4.69, 9.17) is 17.0 Å². The van der Waals surface area contributed by atoms with Gasteiger partial charge in [-0.15, -0.1) is 0 Å². The molecule has 0 atom stereocenters. The van der Waals surface area contributed by atoms with E-state index >= 15 is 0 Å². The van der Waals surface area contributed by atoms with Gasteiger partial charge >= 0.3 is 0 Å². The third-order valence-electron chi connectivity index (χ3n) is 4.60. The number of benzene rings is 2. The molecule has 8 heteroatoms. The van der Waals surface area contributed by atoms with Crippen molar-refractivity contribution in [2.45, 2.75) is 0 Å². The Morgan fingerprint density at radius 2 is 1.82 bits per heavy atom. The quantitative estimate of drug-likeness (QED) is 0.659. The molecule has 0 bridgehead atoms. The number of halogens is 1. The van der Waals surface area contributed by atoms with Crippen molar-refractivity contribution in [2.75, 3.05) is 50.5 Å². The summed E-state index contributed by atoms with van der Waals surface area (Å²) in [5.74, 6) is 0.285. The first-order valence-electron chi connectivity index (χ1n) is 9.12. The van der Waals surface area contributed by atoms with E-state index in [0.717, 1.165) is 37.6 Å². The first-order chi connectivity index (χ1) is 13.5. The number of piperazine rings is 1. The van der Waals surface area contributed by atoms with Crippen LogP contribution in [-0.4, -0.2) is 55.8 Å². The molecule has 148 valence electrons. The van der Waals surface area contributed by atoms with Gasteiger partial charge < -0.3 is 25.2 Å². The number of nitrogens with zero attached hydrogens (tertiary/aromatic N) is 1. The maximum atomic E-state index is 13.2. The second-order valence-electron chi connectivity index (χ2n) is 6.63. The number of anilines is 2. The molecule has 28 heavy (non-hydrogen) atoms. The van der Waals surface area contributed by atoms with Crippen molar-refractivity contribution in [3.63, 3.8) is 0 Å². The predicted molar refractivity (Wildman–Crippen MR) is 111 cm³/mol. The Hall–Kier alpha value is -2.71. The van der Waals surface area contributed by atoms with Gasteiger partial charge in [0.25, 0.3) is 5.91 Å². The molecule has 1 fully saturated rings. The minimum atomic E-state index is -0.365. The molecule has 1 saturated heterocycles. The first kappa shape index (κ1) is 20.0. The maximum Gasteiger partial charge on any atom is 0.279 e. The molecule has 2 aromatic rings. The zero-order valence-corrected chi connectivity index (χ0v) is 16.5. The molecule has 1 heterocycles. The molecule has 1 amide bonds. The van der Waals surface area contributed by atoms with Crippen molar-refractivity contribution >= 4 is 34.6 Å². The smallest absolute Gasteiger partial charge is 0.279 e. The zero-order valence-electron chi connectivity index (χ0n) is 15.7. The fraction of sp³-hybridized carbons (Fsp3) is 0.300. The zero-order chi connectivity index (χ0) is 19.9. The highest BCUT2D eigenvalue weighted by atomic mass is 32.1. The topological polar surface area (TPSA) is 58.0 Å². The van der Waals surface area contributed by atoms with Crippen LogP contribution in [0.5, 0.6) is 5.75 Å². The molecule has 0 aromatic heterocycles. The molecule has 3 N–H and O–H groups in total. The Kier molecular flexibility index (Phi) is 6.78. The lowest BCUT2D eigenvalue weighted by Crippen LogP contribution is -3.15. The molecule has 0 radical (unpaired) electrons. The Labute approximate surface area is 169 Å². The average Bonchev–Trinajstić information content (AvgIpc) is 2.68. The van der Waals surface area contributed by atoms with Gasteiger partial charge in [0.1, 0.15) is 11.6 Å². The van der Waals surface area contributed by atoms with E-state index in [9.17, 15) is 9.18 Å². The van der Waals surface area contributed by atoms with Crippen molar-refractivity contribution in [1.29, 1.82) is 0 Å². The van der Waals surface area contributed by atoms with Crippen molar-refractivity contribution in [3.05, 3.63) is 54.3 Å². The van der Waals surface area contributed by atoms with Gasteiger partial charge in [0.05, 0.1) is 33.3 Å². The molecule has 0 aliphatic carbocycles. The number of ether oxygens (including phenoxy) is 1. The average molecular weight is 404 g/mol. The summed E-state index contributed by atoms with van der Waals surface area (Å²) in [6.07, 6.45) is 0. The second-order valence-corrected chi connectivity index (χ2v) is 7.02. The molecule has 6 nitrogen and oxygen atoms in total. The summed E-state index contributed by atoms with van der Waals surface area (Å²) < 4.78 is 18.4. The molecular weight excluding hydrogens is 379 g/mol. The number of nitrogens with one attached hydrogen (secondary N) is 3. The number of quaternary nitrogens is 1. The Bertz CT molecular complexity index is 840. The lowest BCUT2D eigenvalue weighted by molar-refractivity contribution is -0.895. The van der Waals surface area contributed by atoms with Crippen LogP contribution >= 0.6 is 12.2 Å². The minimum Gasteiger partial charge on any atom is -0.497 e. The van der Waals surface area contributed by atoms with Gasteiger partial charge in [-0.25, -0.2) is 4.39 Å². The summed E-state index contributed by atoms with van der Waals surface area (Å²) in [5.41, 5.74) is 1.36. The number of methoxy groups -OCH3 is 1. The van der Waals surface area contributed by atoms with E-state index in [1.54, 1.807) is 19.2 Å². The number of carbonyl (C=O) groups is 1. The van der Waals surface area contributed by atoms with Crippen LogP contribution in [0.2, 0.25) is 0 Å². The molecule has 1 aliphatic rings. The van der Waals surface area contributed by atoms with Crippen LogP contribution in [0.25, 0.3) is 0 Å². The summed E-state index contributed by atoms with van der Waals surface area (Å²) in [6.45, 7) is 3.48. The molecular formula is C20H24FN4O2S+. The Balaban J connectivity index is 1.44. The summed E-state index contributed by atoms with van der Waals surface area (Å²) in [6, 6.07) is 13.5. The monoisotopic (exact) mass is 403 g/mol. The summed E-state index contributed by atoms with van der Waals surface area (Å²) in [7, 11) is 1.63. The third-order valence-corrected chi connectivity index (χ3v) is 4.96. The summed E-state index contributed by atoms with van der Waals surface area (Å²) >= 11 is 5.51. The number of carbonyl (C=O) groups excluding carboxylic acids is 1. The van der Waals surface area contributed by atoms with Gasteiger partial charge in [-0.1, -0.05) is 12.1 Å². The van der Waals surface area contributed by atoms with E-state index in [1.807, 2.05) is 24.3 Å². The van der Waals surface area contributed by atoms with E-state index in [2.05, 4.69) is 15.5 Å². The van der Waals surface area contributed by atoms with Crippen molar-refractivity contribution in [1.82, 2.24) is 4.90 Å². The molecule has 3 rings (SSSR count). The SMILES string of the molecule is COc1cccc(NC(=S)N2CC[NH+](CC(=O)Nc3cccc(F)c3)CC2)c1. The number of rotatable bonds is 5. The normalized spacial score (nSPS) is 14.4. The van der Waals surface area contributed by atoms with Gasteiger partial charge in [0, 0.05) is 17.4 Å².